The summed E-state index contributed by atoms with van der Waals surface area (Å²) in [4.78, 5) is 15.6. The minimum absolute atomic E-state index is 0.00787. The molecule has 0 fully saturated rings. The lowest BCUT2D eigenvalue weighted by Gasteiger charge is -2.08. The van der Waals surface area contributed by atoms with E-state index in [0.717, 1.165) is 22.2 Å². The molecule has 1 aromatic heterocycles. The molecule has 4 aromatic rings. The summed E-state index contributed by atoms with van der Waals surface area (Å²) in [6.07, 6.45) is 1.73. The molecule has 27 heavy (non-hydrogen) atoms. The highest BCUT2D eigenvalue weighted by molar-refractivity contribution is 6.08. The minimum atomic E-state index is -0.0585. The fourth-order valence-electron chi connectivity index (χ4n) is 2.90. The van der Waals surface area contributed by atoms with E-state index in [0.29, 0.717) is 17.9 Å². The van der Waals surface area contributed by atoms with Gasteiger partial charge in [0.25, 0.3) is 0 Å². The van der Waals surface area contributed by atoms with Gasteiger partial charge in [0, 0.05) is 22.7 Å². The number of aromatic nitrogens is 1. The van der Waals surface area contributed by atoms with Gasteiger partial charge >= 0.3 is 0 Å². The van der Waals surface area contributed by atoms with Gasteiger partial charge in [-0.05, 0) is 35.9 Å². The Morgan fingerprint density at radius 3 is 2.22 bits per heavy atom. The molecule has 0 saturated carbocycles. The van der Waals surface area contributed by atoms with E-state index in [1.807, 2.05) is 78.9 Å². The van der Waals surface area contributed by atoms with E-state index in [1.165, 1.54) is 0 Å². The van der Waals surface area contributed by atoms with E-state index >= 15 is 0 Å². The summed E-state index contributed by atoms with van der Waals surface area (Å²) < 4.78 is 11.4. The Bertz CT molecular complexity index is 1040. The molecule has 0 aliphatic carbocycles. The Morgan fingerprint density at radius 1 is 0.778 bits per heavy atom. The summed E-state index contributed by atoms with van der Waals surface area (Å²) in [5.74, 6) is 1.33. The highest BCUT2D eigenvalue weighted by Crippen LogP contribution is 2.21. The van der Waals surface area contributed by atoms with Crippen molar-refractivity contribution in [3.8, 4) is 11.5 Å². The summed E-state index contributed by atoms with van der Waals surface area (Å²) in [6.45, 7) is 0.506. The molecular formula is C23H19NO3. The third-order valence-electron chi connectivity index (χ3n) is 4.33. The zero-order valence-electron chi connectivity index (χ0n) is 14.7. The van der Waals surface area contributed by atoms with E-state index in [1.54, 1.807) is 6.20 Å². The molecular weight excluding hydrogens is 338 g/mol. The molecule has 0 bridgehead atoms. The molecule has 134 valence electrons. The maximum absolute atomic E-state index is 12.4. The van der Waals surface area contributed by atoms with Crippen molar-refractivity contribution < 1.29 is 14.3 Å². The van der Waals surface area contributed by atoms with Crippen LogP contribution in [0.5, 0.6) is 11.5 Å². The Kier molecular flexibility index (Phi) is 4.88. The molecule has 0 amide bonds. The number of nitrogens with one attached hydrogen (secondary N) is 1. The average molecular weight is 357 g/mol. The average Bonchev–Trinajstić information content (AvgIpc) is 3.16. The van der Waals surface area contributed by atoms with Crippen LogP contribution < -0.4 is 9.47 Å². The predicted octanol–water partition coefficient (Wildman–Crippen LogP) is 5.01. The standard InChI is InChI=1S/C23H19NO3/c25-23(21-14-24-22-9-5-4-8-20(21)22)16-27-19-12-10-18(11-13-19)26-15-17-6-2-1-3-7-17/h1-14,24H,15-16H2. The van der Waals surface area contributed by atoms with Crippen molar-refractivity contribution in [1.82, 2.24) is 4.98 Å². The van der Waals surface area contributed by atoms with Crippen molar-refractivity contribution in [3.05, 3.63) is 96.2 Å². The zero-order valence-corrected chi connectivity index (χ0v) is 14.7. The summed E-state index contributed by atoms with van der Waals surface area (Å²) in [7, 11) is 0. The van der Waals surface area contributed by atoms with Crippen LogP contribution in [0.2, 0.25) is 0 Å². The number of aromatic amines is 1. The van der Waals surface area contributed by atoms with Crippen molar-refractivity contribution in [3.63, 3.8) is 0 Å². The highest BCUT2D eigenvalue weighted by atomic mass is 16.5. The van der Waals surface area contributed by atoms with Gasteiger partial charge in [0.2, 0.25) is 5.78 Å². The normalized spacial score (nSPS) is 10.7. The van der Waals surface area contributed by atoms with Gasteiger partial charge in [0.15, 0.2) is 6.61 Å². The van der Waals surface area contributed by atoms with Crippen molar-refractivity contribution in [1.29, 1.82) is 0 Å². The molecule has 0 aliphatic heterocycles. The second-order valence-corrected chi connectivity index (χ2v) is 6.21. The summed E-state index contributed by atoms with van der Waals surface area (Å²) in [5.41, 5.74) is 2.70. The van der Waals surface area contributed by atoms with Gasteiger partial charge in [-0.15, -0.1) is 0 Å². The van der Waals surface area contributed by atoms with Crippen LogP contribution in [-0.4, -0.2) is 17.4 Å². The maximum atomic E-state index is 12.4. The number of H-pyrrole nitrogens is 1. The molecule has 0 saturated heterocycles. The highest BCUT2D eigenvalue weighted by Gasteiger charge is 2.12. The fourth-order valence-corrected chi connectivity index (χ4v) is 2.90. The monoisotopic (exact) mass is 357 g/mol. The molecule has 4 rings (SSSR count). The van der Waals surface area contributed by atoms with Crippen LogP contribution in [-0.2, 0) is 6.61 Å². The van der Waals surface area contributed by atoms with Crippen molar-refractivity contribution in [2.24, 2.45) is 0 Å². The van der Waals surface area contributed by atoms with E-state index in [-0.39, 0.29) is 12.4 Å². The first-order valence-corrected chi connectivity index (χ1v) is 8.78. The van der Waals surface area contributed by atoms with Crippen molar-refractivity contribution in [2.75, 3.05) is 6.61 Å². The molecule has 0 unspecified atom stereocenters. The summed E-state index contributed by atoms with van der Waals surface area (Å²) in [5, 5.41) is 0.913. The third-order valence-corrected chi connectivity index (χ3v) is 4.33. The number of carbonyl (C=O) groups is 1. The molecule has 0 radical (unpaired) electrons. The molecule has 0 atom stereocenters. The molecule has 4 nitrogen and oxygen atoms in total. The van der Waals surface area contributed by atoms with E-state index in [2.05, 4.69) is 4.98 Å². The van der Waals surface area contributed by atoms with E-state index in [9.17, 15) is 4.79 Å². The number of Topliss-reactive ketones (excluding diaryl/α,β-unsaturated/α-hetero) is 1. The number of hydrogen-bond acceptors (Lipinski definition) is 3. The first-order valence-electron chi connectivity index (χ1n) is 8.78. The Balaban J connectivity index is 1.34. The van der Waals surface area contributed by atoms with Gasteiger partial charge < -0.3 is 14.5 Å². The lowest BCUT2D eigenvalue weighted by molar-refractivity contribution is 0.0923. The van der Waals surface area contributed by atoms with Crippen LogP contribution >= 0.6 is 0 Å². The topological polar surface area (TPSA) is 51.3 Å². The Labute approximate surface area is 157 Å². The molecule has 0 aliphatic rings. The van der Waals surface area contributed by atoms with E-state index < -0.39 is 0 Å². The van der Waals surface area contributed by atoms with Crippen LogP contribution in [0.3, 0.4) is 0 Å². The van der Waals surface area contributed by atoms with Crippen molar-refractivity contribution >= 4 is 16.7 Å². The van der Waals surface area contributed by atoms with Crippen LogP contribution in [0.4, 0.5) is 0 Å². The number of fused-ring (bicyclic) bond motifs is 1. The lowest BCUT2D eigenvalue weighted by Crippen LogP contribution is -2.11. The van der Waals surface area contributed by atoms with Crippen LogP contribution in [0, 0.1) is 0 Å². The number of para-hydroxylation sites is 1. The van der Waals surface area contributed by atoms with Gasteiger partial charge in [0.05, 0.1) is 0 Å². The zero-order chi connectivity index (χ0) is 18.5. The van der Waals surface area contributed by atoms with Gasteiger partial charge in [-0.1, -0.05) is 48.5 Å². The SMILES string of the molecule is O=C(COc1ccc(OCc2ccccc2)cc1)c1c[nH]c2ccccc12. The predicted molar refractivity (Wildman–Crippen MR) is 105 cm³/mol. The Hall–Kier alpha value is -3.53. The minimum Gasteiger partial charge on any atom is -0.489 e. The van der Waals surface area contributed by atoms with Gasteiger partial charge in [0.1, 0.15) is 18.1 Å². The molecule has 4 heteroatoms. The number of hydrogen-bond donors (Lipinski definition) is 1. The smallest absolute Gasteiger partial charge is 0.202 e. The van der Waals surface area contributed by atoms with Crippen molar-refractivity contribution in [2.45, 2.75) is 6.61 Å². The first-order chi connectivity index (χ1) is 13.3. The van der Waals surface area contributed by atoms with Gasteiger partial charge in [-0.2, -0.15) is 0 Å². The van der Waals surface area contributed by atoms with Gasteiger partial charge in [-0.25, -0.2) is 0 Å². The van der Waals surface area contributed by atoms with Gasteiger partial charge in [-0.3, -0.25) is 4.79 Å². The fraction of sp³-hybridized carbons (Fsp3) is 0.0870. The van der Waals surface area contributed by atoms with Crippen LogP contribution in [0.25, 0.3) is 10.9 Å². The van der Waals surface area contributed by atoms with E-state index in [4.69, 9.17) is 9.47 Å². The molecule has 1 heterocycles. The second kappa shape index (κ2) is 7.79. The third kappa shape index (κ3) is 4.01. The van der Waals surface area contributed by atoms with Crippen LogP contribution in [0.1, 0.15) is 15.9 Å². The maximum Gasteiger partial charge on any atom is 0.202 e. The lowest BCUT2D eigenvalue weighted by atomic mass is 10.1. The Morgan fingerprint density at radius 2 is 1.44 bits per heavy atom. The second-order valence-electron chi connectivity index (χ2n) is 6.21. The molecule has 3 aromatic carbocycles. The first kappa shape index (κ1) is 16.9. The number of benzene rings is 3. The number of ether oxygens (including phenoxy) is 2. The number of carbonyl (C=O) groups excluding carboxylic acids is 1. The van der Waals surface area contributed by atoms with Crippen LogP contribution in [0.15, 0.2) is 85.1 Å². The quantitative estimate of drug-likeness (QED) is 0.473. The molecule has 0 spiro atoms. The number of rotatable bonds is 7. The largest absolute Gasteiger partial charge is 0.489 e. The summed E-state index contributed by atoms with van der Waals surface area (Å²) >= 11 is 0. The summed E-state index contributed by atoms with van der Waals surface area (Å²) in [6, 6.07) is 25.0. The molecule has 1 N–H and O–H groups in total. The number of ketones is 1.